The molecule has 2 aliphatic rings. The molecule has 2 fully saturated rings. The van der Waals surface area contributed by atoms with E-state index in [1.807, 2.05) is 30.3 Å². The monoisotopic (exact) mass is 205 g/mol. The van der Waals surface area contributed by atoms with Gasteiger partial charge in [-0.25, -0.2) is 0 Å². The van der Waals surface area contributed by atoms with E-state index in [9.17, 15) is 10.1 Å². The lowest BCUT2D eigenvalue weighted by molar-refractivity contribution is -0.549. The molecule has 0 amide bonds. The highest BCUT2D eigenvalue weighted by Gasteiger charge is 2.75. The molecule has 0 aromatic heterocycles. The average Bonchev–Trinajstić information content (AvgIpc) is 2.88. The van der Waals surface area contributed by atoms with Crippen molar-refractivity contribution in [1.29, 1.82) is 0 Å². The van der Waals surface area contributed by atoms with E-state index in [4.69, 9.17) is 4.74 Å². The second-order valence-corrected chi connectivity index (χ2v) is 4.27. The fraction of sp³-hybridized carbons (Fsp3) is 0.455. The lowest BCUT2D eigenvalue weighted by Gasteiger charge is -2.16. The number of benzene rings is 1. The fourth-order valence-electron chi connectivity index (χ4n) is 2.55. The minimum absolute atomic E-state index is 0.123. The van der Waals surface area contributed by atoms with Gasteiger partial charge in [0.1, 0.15) is 0 Å². The molecule has 1 heterocycles. The van der Waals surface area contributed by atoms with Crippen LogP contribution < -0.4 is 0 Å². The Bertz CT molecular complexity index is 406. The lowest BCUT2D eigenvalue weighted by Crippen LogP contribution is -2.29. The third-order valence-corrected chi connectivity index (χ3v) is 3.48. The Kier molecular flexibility index (Phi) is 1.65. The van der Waals surface area contributed by atoms with Crippen molar-refractivity contribution in [2.24, 2.45) is 5.92 Å². The molecule has 1 saturated heterocycles. The summed E-state index contributed by atoms with van der Waals surface area (Å²) in [6.07, 6.45) is 0.318. The van der Waals surface area contributed by atoms with Gasteiger partial charge in [-0.2, -0.15) is 0 Å². The van der Waals surface area contributed by atoms with Crippen LogP contribution in [0.1, 0.15) is 18.1 Å². The molecule has 1 saturated carbocycles. The Labute approximate surface area is 87.0 Å². The van der Waals surface area contributed by atoms with E-state index in [0.29, 0.717) is 13.0 Å². The quantitative estimate of drug-likeness (QED) is 0.546. The highest BCUT2D eigenvalue weighted by molar-refractivity contribution is 5.27. The van der Waals surface area contributed by atoms with Crippen LogP contribution in [0.15, 0.2) is 30.3 Å². The zero-order valence-electron chi connectivity index (χ0n) is 8.13. The van der Waals surface area contributed by atoms with Crippen molar-refractivity contribution in [3.8, 4) is 0 Å². The summed E-state index contributed by atoms with van der Waals surface area (Å²) in [6.45, 7) is 0.528. The Hall–Kier alpha value is -1.42. The van der Waals surface area contributed by atoms with Gasteiger partial charge in [0.05, 0.1) is 12.5 Å². The molecular weight excluding hydrogens is 194 g/mol. The summed E-state index contributed by atoms with van der Waals surface area (Å²) >= 11 is 0. The van der Waals surface area contributed by atoms with E-state index in [1.165, 1.54) is 0 Å². The van der Waals surface area contributed by atoms with E-state index < -0.39 is 5.54 Å². The number of ether oxygens (including phenoxy) is 1. The highest BCUT2D eigenvalue weighted by Crippen LogP contribution is 2.60. The average molecular weight is 205 g/mol. The number of nitrogens with zero attached hydrogens (tertiary/aromatic N) is 1. The van der Waals surface area contributed by atoms with Crippen molar-refractivity contribution in [3.05, 3.63) is 46.0 Å². The lowest BCUT2D eigenvalue weighted by atomic mass is 10.0. The topological polar surface area (TPSA) is 52.4 Å². The van der Waals surface area contributed by atoms with Gasteiger partial charge in [0.2, 0.25) is 0 Å². The molecule has 78 valence electrons. The fourth-order valence-corrected chi connectivity index (χ4v) is 2.55. The predicted molar refractivity (Wildman–Crippen MR) is 53.0 cm³/mol. The van der Waals surface area contributed by atoms with Gasteiger partial charge in [-0.15, -0.1) is 0 Å². The molecular formula is C11H11NO3. The van der Waals surface area contributed by atoms with Crippen molar-refractivity contribution in [3.63, 3.8) is 0 Å². The number of hydrogen-bond donors (Lipinski definition) is 0. The van der Waals surface area contributed by atoms with Crippen LogP contribution in [0.3, 0.4) is 0 Å². The first-order valence-electron chi connectivity index (χ1n) is 5.06. The van der Waals surface area contributed by atoms with Crippen LogP contribution in [0.5, 0.6) is 0 Å². The van der Waals surface area contributed by atoms with Gasteiger partial charge < -0.3 is 4.74 Å². The van der Waals surface area contributed by atoms with Crippen LogP contribution in [0.2, 0.25) is 0 Å². The summed E-state index contributed by atoms with van der Waals surface area (Å²) < 4.78 is 5.52. The van der Waals surface area contributed by atoms with Gasteiger partial charge in [-0.05, 0) is 5.56 Å². The maximum absolute atomic E-state index is 11.1. The largest absolute Gasteiger partial charge is 0.365 e. The van der Waals surface area contributed by atoms with Crippen LogP contribution >= 0.6 is 0 Å². The van der Waals surface area contributed by atoms with Gasteiger partial charge in [0.25, 0.3) is 5.54 Å². The minimum atomic E-state index is -0.818. The SMILES string of the molecule is O=[N+]([O-])[C@]12C[C@H]1CO[C@@H]2c1ccccc1. The molecule has 0 spiro atoms. The van der Waals surface area contributed by atoms with Gasteiger partial charge in [0, 0.05) is 11.3 Å². The van der Waals surface area contributed by atoms with E-state index in [1.54, 1.807) is 0 Å². The van der Waals surface area contributed by atoms with Gasteiger partial charge in [-0.1, -0.05) is 30.3 Å². The van der Waals surface area contributed by atoms with Crippen molar-refractivity contribution in [2.75, 3.05) is 6.61 Å². The summed E-state index contributed by atoms with van der Waals surface area (Å²) in [5, 5.41) is 11.1. The van der Waals surface area contributed by atoms with E-state index in [-0.39, 0.29) is 16.9 Å². The number of hydrogen-bond acceptors (Lipinski definition) is 3. The first-order chi connectivity index (χ1) is 7.25. The zero-order chi connectivity index (χ0) is 10.5. The van der Waals surface area contributed by atoms with E-state index >= 15 is 0 Å². The Morgan fingerprint density at radius 3 is 2.73 bits per heavy atom. The van der Waals surface area contributed by atoms with Crippen molar-refractivity contribution < 1.29 is 9.66 Å². The highest BCUT2D eigenvalue weighted by atomic mass is 16.6. The Morgan fingerprint density at radius 2 is 2.13 bits per heavy atom. The summed E-state index contributed by atoms with van der Waals surface area (Å²) in [6, 6.07) is 9.49. The van der Waals surface area contributed by atoms with Crippen molar-refractivity contribution in [1.82, 2.24) is 0 Å². The van der Waals surface area contributed by atoms with Gasteiger partial charge >= 0.3 is 0 Å². The first kappa shape index (κ1) is 8.85. The summed E-state index contributed by atoms with van der Waals surface area (Å²) in [5.74, 6) is 0.123. The van der Waals surface area contributed by atoms with Crippen LogP contribution in [0.25, 0.3) is 0 Å². The van der Waals surface area contributed by atoms with Gasteiger partial charge in [-0.3, -0.25) is 10.1 Å². The van der Waals surface area contributed by atoms with Crippen LogP contribution in [0, 0.1) is 16.0 Å². The van der Waals surface area contributed by atoms with E-state index in [0.717, 1.165) is 5.56 Å². The van der Waals surface area contributed by atoms with Crippen molar-refractivity contribution >= 4 is 0 Å². The van der Waals surface area contributed by atoms with Crippen LogP contribution in [-0.2, 0) is 4.74 Å². The summed E-state index contributed by atoms with van der Waals surface area (Å²) in [7, 11) is 0. The molecule has 3 rings (SSSR count). The standard InChI is InChI=1S/C11H11NO3/c13-12(14)11-6-9(11)7-15-10(11)8-4-2-1-3-5-8/h1-5,9-10H,6-7H2/t9-,10+,11+/m0/s1. The number of rotatable bonds is 2. The smallest absolute Gasteiger partial charge is 0.257 e. The molecule has 0 bridgehead atoms. The molecule has 4 heteroatoms. The third-order valence-electron chi connectivity index (χ3n) is 3.48. The molecule has 3 atom stereocenters. The van der Waals surface area contributed by atoms with E-state index in [2.05, 4.69) is 0 Å². The Balaban J connectivity index is 1.98. The molecule has 0 N–H and O–H groups in total. The van der Waals surface area contributed by atoms with Crippen LogP contribution in [-0.4, -0.2) is 17.1 Å². The van der Waals surface area contributed by atoms with Crippen molar-refractivity contribution in [2.45, 2.75) is 18.1 Å². The first-order valence-corrected chi connectivity index (χ1v) is 5.06. The summed E-state index contributed by atoms with van der Waals surface area (Å²) in [5.41, 5.74) is 0.107. The maximum Gasteiger partial charge on any atom is 0.257 e. The molecule has 15 heavy (non-hydrogen) atoms. The second-order valence-electron chi connectivity index (χ2n) is 4.27. The predicted octanol–water partition coefficient (Wildman–Crippen LogP) is 1.79. The molecule has 4 nitrogen and oxygen atoms in total. The zero-order valence-corrected chi connectivity index (χ0v) is 8.13. The Morgan fingerprint density at radius 1 is 1.40 bits per heavy atom. The second kappa shape index (κ2) is 2.79. The molecule has 0 radical (unpaired) electrons. The van der Waals surface area contributed by atoms with Crippen LogP contribution in [0.4, 0.5) is 0 Å². The molecule has 0 unspecified atom stereocenters. The number of fused-ring (bicyclic) bond motifs is 1. The molecule has 1 aromatic rings. The maximum atomic E-state index is 11.1. The molecule has 1 aliphatic carbocycles. The normalized spacial score (nSPS) is 37.3. The third kappa shape index (κ3) is 1.05. The molecule has 1 aromatic carbocycles. The minimum Gasteiger partial charge on any atom is -0.365 e. The molecule has 1 aliphatic heterocycles. The number of nitro groups is 1. The summed E-state index contributed by atoms with van der Waals surface area (Å²) in [4.78, 5) is 10.9. The van der Waals surface area contributed by atoms with Gasteiger partial charge in [0.15, 0.2) is 6.10 Å².